The molecule has 0 atom stereocenters. The first-order chi connectivity index (χ1) is 7.77. The summed E-state index contributed by atoms with van der Waals surface area (Å²) in [5, 5.41) is 10.1. The maximum absolute atomic E-state index is 11.6. The molecule has 1 aromatic heterocycles. The molecule has 0 unspecified atom stereocenters. The third kappa shape index (κ3) is 3.75. The first-order valence-electron chi connectivity index (χ1n) is 5.17. The summed E-state index contributed by atoms with van der Waals surface area (Å²) in [5.41, 5.74) is 0.599. The van der Waals surface area contributed by atoms with Crippen LogP contribution in [0.3, 0.4) is 0 Å². The van der Waals surface area contributed by atoms with E-state index < -0.39 is 0 Å². The molecule has 0 aliphatic carbocycles. The minimum atomic E-state index is -0.135. The summed E-state index contributed by atoms with van der Waals surface area (Å²) in [6.07, 6.45) is 7.27. The van der Waals surface area contributed by atoms with Gasteiger partial charge in [-0.05, 0) is 7.05 Å². The van der Waals surface area contributed by atoms with Gasteiger partial charge in [-0.25, -0.2) is 4.68 Å². The van der Waals surface area contributed by atoms with Crippen molar-refractivity contribution in [3.8, 4) is 12.3 Å². The van der Waals surface area contributed by atoms with Crippen LogP contribution in [0.2, 0.25) is 0 Å². The first-order valence-corrected chi connectivity index (χ1v) is 5.17. The second kappa shape index (κ2) is 6.64. The lowest BCUT2D eigenvalue weighted by atomic mass is 10.4. The molecule has 5 heteroatoms. The molecule has 86 valence electrons. The smallest absolute Gasteiger partial charge is 0.268 e. The SMILES string of the molecule is C#CCCn1ncc(NCCNC)cc1=O. The van der Waals surface area contributed by atoms with Crippen LogP contribution in [-0.2, 0) is 6.54 Å². The van der Waals surface area contributed by atoms with Crippen LogP contribution >= 0.6 is 0 Å². The summed E-state index contributed by atoms with van der Waals surface area (Å²) in [5.74, 6) is 2.48. The number of aryl methyl sites for hydroxylation is 1. The van der Waals surface area contributed by atoms with E-state index in [4.69, 9.17) is 6.42 Å². The lowest BCUT2D eigenvalue weighted by Gasteiger charge is -2.06. The predicted octanol–water partition coefficient (Wildman–Crippen LogP) is -0.102. The van der Waals surface area contributed by atoms with Crippen LogP contribution in [0, 0.1) is 12.3 Å². The molecular formula is C11H16N4O. The lowest BCUT2D eigenvalue weighted by Crippen LogP contribution is -2.24. The summed E-state index contributed by atoms with van der Waals surface area (Å²) >= 11 is 0. The summed E-state index contributed by atoms with van der Waals surface area (Å²) in [6, 6.07) is 1.53. The van der Waals surface area contributed by atoms with E-state index in [1.807, 2.05) is 7.05 Å². The number of rotatable bonds is 6. The molecule has 1 aromatic rings. The Labute approximate surface area is 94.9 Å². The largest absolute Gasteiger partial charge is 0.382 e. The van der Waals surface area contributed by atoms with E-state index in [-0.39, 0.29) is 5.56 Å². The molecule has 0 bridgehead atoms. The fraction of sp³-hybridized carbons (Fsp3) is 0.455. The number of nitrogens with one attached hydrogen (secondary N) is 2. The maximum Gasteiger partial charge on any atom is 0.268 e. The highest BCUT2D eigenvalue weighted by Gasteiger charge is 1.98. The topological polar surface area (TPSA) is 59.0 Å². The highest BCUT2D eigenvalue weighted by molar-refractivity contribution is 5.38. The van der Waals surface area contributed by atoms with Gasteiger partial charge in [-0.2, -0.15) is 5.10 Å². The van der Waals surface area contributed by atoms with Crippen molar-refractivity contribution in [3.63, 3.8) is 0 Å². The standard InChI is InChI=1S/C11H16N4O/c1-3-4-7-15-11(16)8-10(9-14-15)13-6-5-12-2/h1,8-9,12-13H,4-7H2,2H3. The Morgan fingerprint density at radius 3 is 3.00 bits per heavy atom. The third-order valence-electron chi connectivity index (χ3n) is 2.04. The fourth-order valence-electron chi connectivity index (χ4n) is 1.20. The predicted molar refractivity (Wildman–Crippen MR) is 64.4 cm³/mol. The zero-order valence-electron chi connectivity index (χ0n) is 9.36. The van der Waals surface area contributed by atoms with Gasteiger partial charge in [-0.15, -0.1) is 12.3 Å². The van der Waals surface area contributed by atoms with Crippen molar-refractivity contribution in [1.82, 2.24) is 15.1 Å². The van der Waals surface area contributed by atoms with Gasteiger partial charge < -0.3 is 10.6 Å². The second-order valence-corrected chi connectivity index (χ2v) is 3.29. The minimum absolute atomic E-state index is 0.135. The van der Waals surface area contributed by atoms with E-state index >= 15 is 0 Å². The van der Waals surface area contributed by atoms with Crippen molar-refractivity contribution in [3.05, 3.63) is 22.6 Å². The molecular weight excluding hydrogens is 204 g/mol. The van der Waals surface area contributed by atoms with Crippen LogP contribution in [0.4, 0.5) is 5.69 Å². The van der Waals surface area contributed by atoms with Gasteiger partial charge in [-0.1, -0.05) is 0 Å². The van der Waals surface area contributed by atoms with Gasteiger partial charge in [0.05, 0.1) is 18.4 Å². The Kier molecular flexibility index (Phi) is 5.09. The second-order valence-electron chi connectivity index (χ2n) is 3.29. The molecule has 0 amide bonds. The van der Waals surface area contributed by atoms with E-state index in [0.29, 0.717) is 13.0 Å². The van der Waals surface area contributed by atoms with Gasteiger partial charge in [0.25, 0.3) is 5.56 Å². The molecule has 0 aliphatic rings. The number of hydrogen-bond donors (Lipinski definition) is 2. The Morgan fingerprint density at radius 1 is 1.56 bits per heavy atom. The van der Waals surface area contributed by atoms with Crippen LogP contribution in [0.5, 0.6) is 0 Å². The normalized spacial score (nSPS) is 9.75. The summed E-state index contributed by atoms with van der Waals surface area (Å²) in [7, 11) is 1.87. The van der Waals surface area contributed by atoms with E-state index in [0.717, 1.165) is 18.8 Å². The molecule has 1 rings (SSSR count). The Bertz CT molecular complexity index is 419. The van der Waals surface area contributed by atoms with Crippen molar-refractivity contribution >= 4 is 5.69 Å². The zero-order chi connectivity index (χ0) is 11.8. The first kappa shape index (κ1) is 12.3. The number of aromatic nitrogens is 2. The highest BCUT2D eigenvalue weighted by atomic mass is 16.1. The van der Waals surface area contributed by atoms with Crippen molar-refractivity contribution < 1.29 is 0 Å². The number of likely N-dealkylation sites (N-methyl/N-ethyl adjacent to an activating group) is 1. The summed E-state index contributed by atoms with van der Waals surface area (Å²) in [6.45, 7) is 2.05. The van der Waals surface area contributed by atoms with Crippen molar-refractivity contribution in [2.75, 3.05) is 25.5 Å². The average molecular weight is 220 g/mol. The summed E-state index contributed by atoms with van der Waals surface area (Å²) < 4.78 is 1.36. The molecule has 0 fully saturated rings. The van der Waals surface area contributed by atoms with Crippen LogP contribution in [0.1, 0.15) is 6.42 Å². The molecule has 5 nitrogen and oxygen atoms in total. The number of nitrogens with zero attached hydrogens (tertiary/aromatic N) is 2. The number of anilines is 1. The Hall–Kier alpha value is -1.80. The highest BCUT2D eigenvalue weighted by Crippen LogP contribution is 1.98. The minimum Gasteiger partial charge on any atom is -0.382 e. The third-order valence-corrected chi connectivity index (χ3v) is 2.04. The Morgan fingerprint density at radius 2 is 2.38 bits per heavy atom. The van der Waals surface area contributed by atoms with Gasteiger partial charge in [0, 0.05) is 25.6 Å². The maximum atomic E-state index is 11.6. The Balaban J connectivity index is 2.61. The molecule has 0 aliphatic heterocycles. The molecule has 0 aromatic carbocycles. The zero-order valence-corrected chi connectivity index (χ0v) is 9.36. The van der Waals surface area contributed by atoms with E-state index in [1.165, 1.54) is 10.7 Å². The van der Waals surface area contributed by atoms with Gasteiger partial charge in [0.1, 0.15) is 0 Å². The van der Waals surface area contributed by atoms with Crippen molar-refractivity contribution in [2.45, 2.75) is 13.0 Å². The summed E-state index contributed by atoms with van der Waals surface area (Å²) in [4.78, 5) is 11.6. The number of hydrogen-bond acceptors (Lipinski definition) is 4. The van der Waals surface area contributed by atoms with E-state index in [1.54, 1.807) is 6.20 Å². The average Bonchev–Trinajstić information content (AvgIpc) is 2.28. The lowest BCUT2D eigenvalue weighted by molar-refractivity contribution is 0.591. The molecule has 0 radical (unpaired) electrons. The van der Waals surface area contributed by atoms with Crippen LogP contribution in [-0.4, -0.2) is 29.9 Å². The van der Waals surface area contributed by atoms with Crippen LogP contribution < -0.4 is 16.2 Å². The van der Waals surface area contributed by atoms with Crippen LogP contribution in [0.15, 0.2) is 17.1 Å². The molecule has 2 N–H and O–H groups in total. The number of terminal acetylenes is 1. The molecule has 0 saturated carbocycles. The van der Waals surface area contributed by atoms with E-state index in [2.05, 4.69) is 21.7 Å². The van der Waals surface area contributed by atoms with Gasteiger partial charge in [0.15, 0.2) is 0 Å². The molecule has 16 heavy (non-hydrogen) atoms. The fourth-order valence-corrected chi connectivity index (χ4v) is 1.20. The van der Waals surface area contributed by atoms with E-state index in [9.17, 15) is 4.79 Å². The van der Waals surface area contributed by atoms with Crippen LogP contribution in [0.25, 0.3) is 0 Å². The molecule has 0 saturated heterocycles. The monoisotopic (exact) mass is 220 g/mol. The molecule has 1 heterocycles. The molecule has 0 spiro atoms. The van der Waals surface area contributed by atoms with Crippen molar-refractivity contribution in [1.29, 1.82) is 0 Å². The van der Waals surface area contributed by atoms with Gasteiger partial charge in [-0.3, -0.25) is 4.79 Å². The van der Waals surface area contributed by atoms with Gasteiger partial charge >= 0.3 is 0 Å². The quantitative estimate of drug-likeness (QED) is 0.519. The van der Waals surface area contributed by atoms with Crippen molar-refractivity contribution in [2.24, 2.45) is 0 Å². The van der Waals surface area contributed by atoms with Gasteiger partial charge in [0.2, 0.25) is 0 Å².